The molecule has 1 aliphatic rings. The molecule has 0 aliphatic heterocycles. The van der Waals surface area contributed by atoms with Gasteiger partial charge >= 0.3 is 11.9 Å². The summed E-state index contributed by atoms with van der Waals surface area (Å²) in [7, 11) is 0. The minimum Gasteiger partial charge on any atom is -0.481 e. The van der Waals surface area contributed by atoms with Gasteiger partial charge in [-0.2, -0.15) is 0 Å². The molecule has 0 aromatic carbocycles. The van der Waals surface area contributed by atoms with Gasteiger partial charge in [0.1, 0.15) is 0 Å². The van der Waals surface area contributed by atoms with E-state index in [9.17, 15) is 9.59 Å². The fourth-order valence-electron chi connectivity index (χ4n) is 1.62. The highest BCUT2D eigenvalue weighted by Crippen LogP contribution is 2.28. The van der Waals surface area contributed by atoms with E-state index in [1.807, 2.05) is 6.92 Å². The van der Waals surface area contributed by atoms with E-state index in [2.05, 4.69) is 0 Å². The highest BCUT2D eigenvalue weighted by Gasteiger charge is 2.35. The number of allylic oxidation sites excluding steroid dienone is 2. The van der Waals surface area contributed by atoms with Crippen LogP contribution in [0.3, 0.4) is 0 Å². The molecule has 0 saturated carbocycles. The van der Waals surface area contributed by atoms with E-state index in [-0.39, 0.29) is 0 Å². The van der Waals surface area contributed by atoms with Crippen molar-refractivity contribution in [1.29, 1.82) is 0 Å². The Balaban J connectivity index is 3.01. The van der Waals surface area contributed by atoms with Gasteiger partial charge in [0.05, 0.1) is 11.8 Å². The molecule has 2 N–H and O–H groups in total. The lowest BCUT2D eigenvalue weighted by molar-refractivity contribution is -0.150. The van der Waals surface area contributed by atoms with E-state index >= 15 is 0 Å². The van der Waals surface area contributed by atoms with Gasteiger partial charge in [-0.1, -0.05) is 30.7 Å². The Bertz CT molecular complexity index is 314. The topological polar surface area (TPSA) is 74.6 Å². The first-order valence-corrected chi connectivity index (χ1v) is 4.40. The van der Waals surface area contributed by atoms with Crippen LogP contribution in [0.2, 0.25) is 0 Å². The lowest BCUT2D eigenvalue weighted by atomic mass is 9.81. The third-order valence-electron chi connectivity index (χ3n) is 2.35. The van der Waals surface area contributed by atoms with Gasteiger partial charge in [0, 0.05) is 0 Å². The lowest BCUT2D eigenvalue weighted by Gasteiger charge is -2.22. The molecule has 0 fully saturated rings. The average Bonchev–Trinajstić information content (AvgIpc) is 2.16. The molecule has 0 bridgehead atoms. The quantitative estimate of drug-likeness (QED) is 0.713. The van der Waals surface area contributed by atoms with Crippen LogP contribution < -0.4 is 0 Å². The summed E-state index contributed by atoms with van der Waals surface area (Å²) < 4.78 is 0. The molecule has 0 radical (unpaired) electrons. The highest BCUT2D eigenvalue weighted by molar-refractivity contribution is 5.84. The van der Waals surface area contributed by atoms with Gasteiger partial charge in [-0.05, 0) is 6.42 Å². The summed E-state index contributed by atoms with van der Waals surface area (Å²) in [5.74, 6) is -4.02. The molecule has 0 amide bonds. The molecular formula is C10H12O4. The molecule has 0 spiro atoms. The minimum absolute atomic E-state index is 0.561. The molecule has 0 heterocycles. The van der Waals surface area contributed by atoms with Crippen molar-refractivity contribution in [2.75, 3.05) is 0 Å². The van der Waals surface area contributed by atoms with Crippen molar-refractivity contribution in [2.24, 2.45) is 11.8 Å². The Morgan fingerprint density at radius 1 is 1.36 bits per heavy atom. The maximum atomic E-state index is 10.9. The fraction of sp³-hybridized carbons (Fsp3) is 0.400. The van der Waals surface area contributed by atoms with Crippen LogP contribution >= 0.6 is 0 Å². The average molecular weight is 196 g/mol. The third-order valence-corrected chi connectivity index (χ3v) is 2.35. The predicted molar refractivity (Wildman–Crippen MR) is 49.8 cm³/mol. The van der Waals surface area contributed by atoms with Crippen molar-refractivity contribution in [3.8, 4) is 0 Å². The largest absolute Gasteiger partial charge is 0.481 e. The number of hydrogen-bond donors (Lipinski definition) is 2. The maximum Gasteiger partial charge on any atom is 0.311 e. The van der Waals surface area contributed by atoms with Crippen LogP contribution in [0.1, 0.15) is 13.3 Å². The van der Waals surface area contributed by atoms with Gasteiger partial charge < -0.3 is 10.2 Å². The molecule has 1 aliphatic carbocycles. The molecule has 4 nitrogen and oxygen atoms in total. The summed E-state index contributed by atoms with van der Waals surface area (Å²) >= 11 is 0. The van der Waals surface area contributed by atoms with Crippen molar-refractivity contribution in [3.63, 3.8) is 0 Å². The van der Waals surface area contributed by atoms with E-state index < -0.39 is 23.8 Å². The van der Waals surface area contributed by atoms with E-state index in [1.165, 1.54) is 6.08 Å². The first-order chi connectivity index (χ1) is 6.57. The monoisotopic (exact) mass is 196 g/mol. The molecule has 0 aromatic rings. The van der Waals surface area contributed by atoms with Gasteiger partial charge in [-0.3, -0.25) is 9.59 Å². The zero-order valence-corrected chi connectivity index (χ0v) is 7.80. The van der Waals surface area contributed by atoms with Gasteiger partial charge in [0.2, 0.25) is 0 Å². The van der Waals surface area contributed by atoms with Crippen molar-refractivity contribution in [3.05, 3.63) is 23.8 Å². The van der Waals surface area contributed by atoms with Crippen LogP contribution in [0.25, 0.3) is 0 Å². The molecule has 1 rings (SSSR count). The fourth-order valence-corrected chi connectivity index (χ4v) is 1.62. The van der Waals surface area contributed by atoms with Crippen molar-refractivity contribution in [2.45, 2.75) is 13.3 Å². The van der Waals surface area contributed by atoms with Crippen molar-refractivity contribution in [1.82, 2.24) is 0 Å². The summed E-state index contributed by atoms with van der Waals surface area (Å²) in [4.78, 5) is 21.7. The zero-order valence-electron chi connectivity index (χ0n) is 7.80. The molecule has 14 heavy (non-hydrogen) atoms. The second-order valence-electron chi connectivity index (χ2n) is 3.16. The lowest BCUT2D eigenvalue weighted by Crippen LogP contribution is -2.31. The number of carboxylic acids is 2. The number of aliphatic carboxylic acids is 2. The Kier molecular flexibility index (Phi) is 3.06. The second-order valence-corrected chi connectivity index (χ2v) is 3.16. The van der Waals surface area contributed by atoms with Crippen molar-refractivity contribution < 1.29 is 19.8 Å². The van der Waals surface area contributed by atoms with Gasteiger partial charge in [-0.15, -0.1) is 0 Å². The molecule has 0 saturated heterocycles. The summed E-state index contributed by atoms with van der Waals surface area (Å²) in [5, 5.41) is 17.8. The van der Waals surface area contributed by atoms with E-state index in [0.717, 1.165) is 0 Å². The van der Waals surface area contributed by atoms with E-state index in [1.54, 1.807) is 12.2 Å². The summed E-state index contributed by atoms with van der Waals surface area (Å²) in [6.45, 7) is 1.82. The van der Waals surface area contributed by atoms with Gasteiger partial charge in [-0.25, -0.2) is 0 Å². The van der Waals surface area contributed by atoms with Crippen LogP contribution in [0.5, 0.6) is 0 Å². The molecule has 4 heteroatoms. The smallest absolute Gasteiger partial charge is 0.311 e. The zero-order chi connectivity index (χ0) is 10.7. The van der Waals surface area contributed by atoms with Crippen LogP contribution in [0.15, 0.2) is 23.8 Å². The van der Waals surface area contributed by atoms with Crippen molar-refractivity contribution >= 4 is 11.9 Å². The Labute approximate surface area is 81.6 Å². The SMILES string of the molecule is CCC1=CC=CC(C(=O)O)C1C(=O)O. The highest BCUT2D eigenvalue weighted by atomic mass is 16.4. The van der Waals surface area contributed by atoms with E-state index in [0.29, 0.717) is 12.0 Å². The Morgan fingerprint density at radius 3 is 2.43 bits per heavy atom. The number of rotatable bonds is 3. The van der Waals surface area contributed by atoms with Gasteiger partial charge in [0.15, 0.2) is 0 Å². The van der Waals surface area contributed by atoms with Gasteiger partial charge in [0.25, 0.3) is 0 Å². The normalized spacial score (nSPS) is 25.6. The second kappa shape index (κ2) is 4.09. The number of carbonyl (C=O) groups is 2. The molecular weight excluding hydrogens is 184 g/mol. The predicted octanol–water partition coefficient (Wildman–Crippen LogP) is 1.29. The van der Waals surface area contributed by atoms with E-state index in [4.69, 9.17) is 10.2 Å². The minimum atomic E-state index is -1.09. The molecule has 0 aromatic heterocycles. The Morgan fingerprint density at radius 2 is 2.00 bits per heavy atom. The summed E-state index contributed by atoms with van der Waals surface area (Å²) in [5.41, 5.74) is 0.660. The standard InChI is InChI=1S/C10H12O4/c1-2-6-4-3-5-7(9(11)12)8(6)10(13)14/h3-5,7-8H,2H2,1H3,(H,11,12)(H,13,14). The molecule has 76 valence electrons. The summed E-state index contributed by atoms with van der Waals surface area (Å²) in [6, 6.07) is 0. The molecule has 2 atom stereocenters. The first-order valence-electron chi connectivity index (χ1n) is 4.40. The van der Waals surface area contributed by atoms with Crippen LogP contribution in [-0.4, -0.2) is 22.2 Å². The first kappa shape index (κ1) is 10.5. The third kappa shape index (κ3) is 1.84. The molecule has 2 unspecified atom stereocenters. The maximum absolute atomic E-state index is 10.9. The summed E-state index contributed by atoms with van der Waals surface area (Å²) in [6.07, 6.45) is 5.26. The van der Waals surface area contributed by atoms with Crippen LogP contribution in [-0.2, 0) is 9.59 Å². The number of carboxylic acid groups (broad SMARTS) is 2. The number of hydrogen-bond acceptors (Lipinski definition) is 2. The Hall–Kier alpha value is -1.58. The van der Waals surface area contributed by atoms with Crippen LogP contribution in [0, 0.1) is 11.8 Å². The van der Waals surface area contributed by atoms with Crippen LogP contribution in [0.4, 0.5) is 0 Å².